The lowest BCUT2D eigenvalue weighted by atomic mass is 10.1. The zero-order chi connectivity index (χ0) is 17.6. The molecule has 0 aromatic carbocycles. The molecule has 0 spiro atoms. The maximum atomic E-state index is 3.77. The highest BCUT2D eigenvalue weighted by atomic mass is 14.0. The van der Waals surface area contributed by atoms with Crippen molar-refractivity contribution < 1.29 is 0 Å². The Labute approximate surface area is 154 Å². The van der Waals surface area contributed by atoms with E-state index in [0.717, 1.165) is 0 Å². The van der Waals surface area contributed by atoms with Crippen LogP contribution in [-0.2, 0) is 0 Å². The third-order valence-corrected chi connectivity index (χ3v) is 4.92. The van der Waals surface area contributed by atoms with E-state index >= 15 is 0 Å². The number of hydrogen-bond acceptors (Lipinski definition) is 0. The molecule has 0 N–H and O–H groups in total. The monoisotopic (exact) mass is 334 g/mol. The molecular formula is C24H46. The average Bonchev–Trinajstić information content (AvgIpc) is 2.60. The Morgan fingerprint density at radius 3 is 1.17 bits per heavy atom. The highest BCUT2D eigenvalue weighted by molar-refractivity contribution is 4.81. The van der Waals surface area contributed by atoms with Gasteiger partial charge in [-0.1, -0.05) is 109 Å². The smallest absolute Gasteiger partial charge is 0.0351 e. The summed E-state index contributed by atoms with van der Waals surface area (Å²) in [5, 5.41) is 0. The molecule has 0 aliphatic rings. The Bertz CT molecular complexity index is 251. The Hall–Kier alpha value is -0.520. The van der Waals surface area contributed by atoms with E-state index in [-0.39, 0.29) is 0 Å². The highest BCUT2D eigenvalue weighted by Gasteiger charge is 1.92. The molecule has 0 aliphatic carbocycles. The molecule has 0 heterocycles. The molecule has 0 aliphatic heterocycles. The highest BCUT2D eigenvalue weighted by Crippen LogP contribution is 2.12. The summed E-state index contributed by atoms with van der Waals surface area (Å²) < 4.78 is 0. The van der Waals surface area contributed by atoms with Gasteiger partial charge in [-0.25, -0.2) is 0 Å². The fraction of sp³-hybridized carbons (Fsp3) is 0.833. The molecule has 0 amide bonds. The fourth-order valence-electron chi connectivity index (χ4n) is 3.24. The molecule has 0 aromatic heterocycles. The predicted octanol–water partition coefficient (Wildman–Crippen LogP) is 9.16. The van der Waals surface area contributed by atoms with Crippen molar-refractivity contribution in [1.29, 1.82) is 0 Å². The van der Waals surface area contributed by atoms with Crippen LogP contribution in [-0.4, -0.2) is 0 Å². The van der Waals surface area contributed by atoms with Gasteiger partial charge in [0.1, 0.15) is 0 Å². The minimum atomic E-state index is 1.20. The first-order valence-corrected chi connectivity index (χ1v) is 11.2. The lowest BCUT2D eigenvalue weighted by molar-refractivity contribution is 0.570. The summed E-state index contributed by atoms with van der Waals surface area (Å²) in [4.78, 5) is 0. The summed E-state index contributed by atoms with van der Waals surface area (Å²) in [6.45, 7) is 6.07. The van der Waals surface area contributed by atoms with E-state index < -0.39 is 0 Å². The normalized spacial score (nSPS) is 11.4. The van der Waals surface area contributed by atoms with Crippen molar-refractivity contribution in [2.45, 2.75) is 129 Å². The largest absolute Gasteiger partial charge is 0.103 e. The SMILES string of the molecule is C=CCCCCCCCCCCC=CCCCCCCCCCC. The molecule has 0 saturated heterocycles. The molecule has 0 fully saturated rings. The van der Waals surface area contributed by atoms with Crippen LogP contribution in [0.1, 0.15) is 129 Å². The Morgan fingerprint density at radius 2 is 0.792 bits per heavy atom. The van der Waals surface area contributed by atoms with Crippen molar-refractivity contribution in [1.82, 2.24) is 0 Å². The van der Waals surface area contributed by atoms with Crippen molar-refractivity contribution in [2.24, 2.45) is 0 Å². The molecule has 24 heavy (non-hydrogen) atoms. The van der Waals surface area contributed by atoms with Crippen LogP contribution < -0.4 is 0 Å². The third-order valence-electron chi connectivity index (χ3n) is 4.92. The number of allylic oxidation sites excluding steroid dienone is 3. The zero-order valence-electron chi connectivity index (χ0n) is 16.9. The second kappa shape index (κ2) is 22.5. The van der Waals surface area contributed by atoms with Crippen LogP contribution in [0.4, 0.5) is 0 Å². The standard InChI is InChI=1S/C24H46/c1-3-5-7-9-11-13-15-17-19-21-23-24-22-20-18-16-14-12-10-8-6-4-2/h3,22,24H,1,4-21,23H2,2H3. The van der Waals surface area contributed by atoms with Crippen molar-refractivity contribution in [3.05, 3.63) is 24.8 Å². The van der Waals surface area contributed by atoms with Crippen LogP contribution in [0.2, 0.25) is 0 Å². The van der Waals surface area contributed by atoms with Crippen molar-refractivity contribution in [3.63, 3.8) is 0 Å². The van der Waals surface area contributed by atoms with Gasteiger partial charge in [-0.2, -0.15) is 0 Å². The number of unbranched alkanes of at least 4 members (excludes halogenated alkanes) is 17. The van der Waals surface area contributed by atoms with Gasteiger partial charge in [0.15, 0.2) is 0 Å². The fourth-order valence-corrected chi connectivity index (χ4v) is 3.24. The van der Waals surface area contributed by atoms with Gasteiger partial charge in [0.2, 0.25) is 0 Å². The maximum absolute atomic E-state index is 3.77. The Morgan fingerprint density at radius 1 is 0.458 bits per heavy atom. The van der Waals surface area contributed by atoms with E-state index in [1.165, 1.54) is 122 Å². The van der Waals surface area contributed by atoms with Gasteiger partial charge >= 0.3 is 0 Å². The quantitative estimate of drug-likeness (QED) is 0.154. The predicted molar refractivity (Wildman–Crippen MR) is 113 cm³/mol. The second-order valence-electron chi connectivity index (χ2n) is 7.43. The van der Waals surface area contributed by atoms with Crippen LogP contribution in [0.25, 0.3) is 0 Å². The molecule has 0 bridgehead atoms. The molecule has 0 unspecified atom stereocenters. The molecule has 0 nitrogen and oxygen atoms in total. The summed E-state index contributed by atoms with van der Waals surface area (Å²) in [6.07, 6.45) is 33.4. The molecule has 142 valence electrons. The van der Waals surface area contributed by atoms with Gasteiger partial charge in [-0.05, 0) is 38.5 Å². The maximum Gasteiger partial charge on any atom is -0.0351 e. The van der Waals surface area contributed by atoms with E-state index in [9.17, 15) is 0 Å². The Balaban J connectivity index is 3.05. The molecule has 0 radical (unpaired) electrons. The summed E-state index contributed by atoms with van der Waals surface area (Å²) in [5.74, 6) is 0. The topological polar surface area (TPSA) is 0 Å². The zero-order valence-corrected chi connectivity index (χ0v) is 16.9. The molecule has 0 aromatic rings. The Kier molecular flexibility index (Phi) is 22.0. The van der Waals surface area contributed by atoms with Crippen molar-refractivity contribution in [3.8, 4) is 0 Å². The summed E-state index contributed by atoms with van der Waals surface area (Å²) in [7, 11) is 0. The van der Waals surface area contributed by atoms with Gasteiger partial charge < -0.3 is 0 Å². The third kappa shape index (κ3) is 21.5. The van der Waals surface area contributed by atoms with Crippen LogP contribution in [0.5, 0.6) is 0 Å². The van der Waals surface area contributed by atoms with Crippen LogP contribution in [0.15, 0.2) is 24.8 Å². The number of rotatable bonds is 20. The summed E-state index contributed by atoms with van der Waals surface area (Å²) in [6, 6.07) is 0. The molecule has 0 rings (SSSR count). The van der Waals surface area contributed by atoms with Crippen molar-refractivity contribution in [2.75, 3.05) is 0 Å². The summed E-state index contributed by atoms with van der Waals surface area (Å²) in [5.41, 5.74) is 0. The second-order valence-corrected chi connectivity index (χ2v) is 7.43. The first-order chi connectivity index (χ1) is 11.9. The van der Waals surface area contributed by atoms with E-state index in [2.05, 4.69) is 25.7 Å². The lowest BCUT2D eigenvalue weighted by Gasteiger charge is -2.01. The molecule has 0 heteroatoms. The first-order valence-electron chi connectivity index (χ1n) is 11.2. The molecule has 0 atom stereocenters. The van der Waals surface area contributed by atoms with Crippen molar-refractivity contribution >= 4 is 0 Å². The van der Waals surface area contributed by atoms with Crippen LogP contribution in [0, 0.1) is 0 Å². The van der Waals surface area contributed by atoms with Crippen LogP contribution >= 0.6 is 0 Å². The van der Waals surface area contributed by atoms with E-state index in [0.29, 0.717) is 0 Å². The van der Waals surface area contributed by atoms with Gasteiger partial charge in [0.05, 0.1) is 0 Å². The minimum Gasteiger partial charge on any atom is -0.103 e. The van der Waals surface area contributed by atoms with E-state index in [1.807, 2.05) is 6.08 Å². The first kappa shape index (κ1) is 23.5. The van der Waals surface area contributed by atoms with E-state index in [4.69, 9.17) is 0 Å². The number of hydrogen-bond donors (Lipinski definition) is 0. The average molecular weight is 335 g/mol. The summed E-state index contributed by atoms with van der Waals surface area (Å²) >= 11 is 0. The van der Waals surface area contributed by atoms with Gasteiger partial charge in [-0.3, -0.25) is 0 Å². The molecule has 0 saturated carbocycles. The van der Waals surface area contributed by atoms with Gasteiger partial charge in [0.25, 0.3) is 0 Å². The lowest BCUT2D eigenvalue weighted by Crippen LogP contribution is -1.81. The van der Waals surface area contributed by atoms with E-state index in [1.54, 1.807) is 0 Å². The minimum absolute atomic E-state index is 1.20. The molecular weight excluding hydrogens is 288 g/mol. The van der Waals surface area contributed by atoms with Crippen LogP contribution in [0.3, 0.4) is 0 Å². The van der Waals surface area contributed by atoms with Gasteiger partial charge in [0, 0.05) is 0 Å². The van der Waals surface area contributed by atoms with Gasteiger partial charge in [-0.15, -0.1) is 6.58 Å².